The molecule has 146 valence electrons. The lowest BCUT2D eigenvalue weighted by Gasteiger charge is -2.49. The molecule has 6 nitrogen and oxygen atoms in total. The summed E-state index contributed by atoms with van der Waals surface area (Å²) in [6, 6.07) is 9.51. The van der Waals surface area contributed by atoms with Crippen LogP contribution in [0, 0.1) is 5.21 Å². The zero-order valence-corrected chi connectivity index (χ0v) is 16.6. The van der Waals surface area contributed by atoms with E-state index in [9.17, 15) is 5.21 Å². The van der Waals surface area contributed by atoms with E-state index in [0.717, 1.165) is 23.1 Å². The molecule has 0 bridgehead atoms. The molecule has 0 saturated heterocycles. The molecule has 0 aromatic heterocycles. The van der Waals surface area contributed by atoms with Crippen LogP contribution >= 0.6 is 0 Å². The third kappa shape index (κ3) is 3.68. The Morgan fingerprint density at radius 1 is 0.889 bits per heavy atom. The third-order valence-corrected chi connectivity index (χ3v) is 5.37. The maximum absolute atomic E-state index is 13.3. The van der Waals surface area contributed by atoms with E-state index in [1.54, 1.807) is 35.5 Å². The minimum atomic E-state index is -0.323. The molecule has 2 aromatic carbocycles. The summed E-state index contributed by atoms with van der Waals surface area (Å²) < 4.78 is 21.3. The van der Waals surface area contributed by atoms with Gasteiger partial charge in [-0.2, -0.15) is 0 Å². The number of fused-ring (bicyclic) bond motifs is 1. The van der Waals surface area contributed by atoms with Gasteiger partial charge in [-0.1, -0.05) is 6.07 Å². The number of hydrogen-bond acceptors (Lipinski definition) is 5. The van der Waals surface area contributed by atoms with E-state index < -0.39 is 0 Å². The largest absolute Gasteiger partial charge is 0.633 e. The zero-order valence-electron chi connectivity index (χ0n) is 16.6. The highest BCUT2D eigenvalue weighted by Gasteiger charge is 2.34. The normalized spacial score (nSPS) is 21.3. The van der Waals surface area contributed by atoms with Gasteiger partial charge in [-0.25, -0.2) is 0 Å². The second-order valence-corrected chi connectivity index (χ2v) is 6.96. The highest BCUT2D eigenvalue weighted by molar-refractivity contribution is 5.50. The lowest BCUT2D eigenvalue weighted by atomic mass is 9.88. The van der Waals surface area contributed by atoms with Crippen LogP contribution < -0.4 is 18.9 Å². The Bertz CT molecular complexity index is 818. The van der Waals surface area contributed by atoms with Gasteiger partial charge < -0.3 is 28.8 Å². The molecule has 1 aliphatic heterocycles. The van der Waals surface area contributed by atoms with Crippen LogP contribution in [0.3, 0.4) is 0 Å². The predicted octanol–water partition coefficient (Wildman–Crippen LogP) is 3.51. The molecule has 0 amide bonds. The van der Waals surface area contributed by atoms with Crippen molar-refractivity contribution in [2.75, 3.05) is 42.0 Å². The first kappa shape index (κ1) is 19.3. The van der Waals surface area contributed by atoms with Crippen molar-refractivity contribution in [3.8, 4) is 23.0 Å². The van der Waals surface area contributed by atoms with E-state index in [4.69, 9.17) is 18.9 Å². The molecular formula is C21H27NO5. The molecule has 2 atom stereocenters. The molecule has 1 heterocycles. The van der Waals surface area contributed by atoms with Crippen LogP contribution in [0.5, 0.6) is 23.0 Å². The van der Waals surface area contributed by atoms with E-state index in [-0.39, 0.29) is 10.7 Å². The first-order valence-electron chi connectivity index (χ1n) is 8.95. The SMILES string of the molecule is COc1ccc(CC2c3cc(OC)c(OC)cc3CC[N+]2(C)[O-])cc1OC. The van der Waals surface area contributed by atoms with E-state index in [1.165, 1.54) is 0 Å². The van der Waals surface area contributed by atoms with Crippen molar-refractivity contribution >= 4 is 0 Å². The maximum atomic E-state index is 13.3. The van der Waals surface area contributed by atoms with Crippen LogP contribution in [0.1, 0.15) is 22.7 Å². The summed E-state index contributed by atoms with van der Waals surface area (Å²) in [4.78, 5) is 0. The van der Waals surface area contributed by atoms with E-state index in [2.05, 4.69) is 0 Å². The monoisotopic (exact) mass is 373 g/mol. The van der Waals surface area contributed by atoms with Crippen LogP contribution in [0.4, 0.5) is 0 Å². The Morgan fingerprint density at radius 3 is 2.11 bits per heavy atom. The van der Waals surface area contributed by atoms with E-state index >= 15 is 0 Å². The summed E-state index contributed by atoms with van der Waals surface area (Å²) in [6.07, 6.45) is 1.32. The van der Waals surface area contributed by atoms with E-state index in [0.29, 0.717) is 36.0 Å². The summed E-state index contributed by atoms with van der Waals surface area (Å²) in [6.45, 7) is 0.528. The first-order chi connectivity index (χ1) is 12.9. The van der Waals surface area contributed by atoms with Gasteiger partial charge in [0.25, 0.3) is 0 Å². The fourth-order valence-corrected chi connectivity index (χ4v) is 3.79. The van der Waals surface area contributed by atoms with Crippen molar-refractivity contribution in [1.82, 2.24) is 0 Å². The van der Waals surface area contributed by atoms with Crippen LogP contribution in [0.15, 0.2) is 30.3 Å². The second kappa shape index (κ2) is 7.66. The average molecular weight is 373 g/mol. The molecule has 0 aliphatic carbocycles. The molecule has 2 unspecified atom stereocenters. The molecule has 3 rings (SSSR count). The number of likely N-dealkylation sites (N-methyl/N-ethyl adjacent to an activating group) is 1. The number of hydrogen-bond donors (Lipinski definition) is 0. The molecular weight excluding hydrogens is 346 g/mol. The number of ether oxygens (including phenoxy) is 4. The smallest absolute Gasteiger partial charge is 0.161 e. The van der Waals surface area contributed by atoms with Crippen molar-refractivity contribution in [3.05, 3.63) is 52.2 Å². The third-order valence-electron chi connectivity index (χ3n) is 5.37. The Morgan fingerprint density at radius 2 is 1.48 bits per heavy atom. The fraction of sp³-hybridized carbons (Fsp3) is 0.429. The van der Waals surface area contributed by atoms with Crippen LogP contribution in [0.2, 0.25) is 0 Å². The summed E-state index contributed by atoms with van der Waals surface area (Å²) in [5.41, 5.74) is 3.19. The Hall–Kier alpha value is -2.44. The van der Waals surface area contributed by atoms with Gasteiger partial charge in [0.05, 0.1) is 42.0 Å². The van der Waals surface area contributed by atoms with Gasteiger partial charge in [-0.05, 0) is 35.4 Å². The van der Waals surface area contributed by atoms with Crippen LogP contribution in [0.25, 0.3) is 0 Å². The molecule has 0 saturated carbocycles. The molecule has 0 fully saturated rings. The number of quaternary nitrogens is 1. The van der Waals surface area contributed by atoms with Crippen molar-refractivity contribution < 1.29 is 23.6 Å². The Labute approximate surface area is 160 Å². The van der Waals surface area contributed by atoms with Gasteiger partial charge in [0.1, 0.15) is 6.04 Å². The molecule has 27 heavy (non-hydrogen) atoms. The Kier molecular flexibility index (Phi) is 5.48. The highest BCUT2D eigenvalue weighted by atomic mass is 16.5. The summed E-state index contributed by atoms with van der Waals surface area (Å²) in [7, 11) is 8.21. The average Bonchev–Trinajstić information content (AvgIpc) is 2.68. The fourth-order valence-electron chi connectivity index (χ4n) is 3.79. The van der Waals surface area contributed by atoms with Crippen molar-refractivity contribution in [1.29, 1.82) is 0 Å². The van der Waals surface area contributed by atoms with Gasteiger partial charge >= 0.3 is 0 Å². The molecule has 6 heteroatoms. The number of methoxy groups -OCH3 is 4. The second-order valence-electron chi connectivity index (χ2n) is 6.96. The minimum Gasteiger partial charge on any atom is -0.633 e. The van der Waals surface area contributed by atoms with Gasteiger partial charge in [0.15, 0.2) is 23.0 Å². The van der Waals surface area contributed by atoms with Gasteiger partial charge in [-0.15, -0.1) is 0 Å². The molecule has 2 aromatic rings. The predicted molar refractivity (Wildman–Crippen MR) is 104 cm³/mol. The summed E-state index contributed by atoms with van der Waals surface area (Å²) in [5, 5.41) is 13.3. The highest BCUT2D eigenvalue weighted by Crippen LogP contribution is 2.42. The van der Waals surface area contributed by atoms with Crippen molar-refractivity contribution in [2.45, 2.75) is 18.9 Å². The van der Waals surface area contributed by atoms with Gasteiger partial charge in [-0.3, -0.25) is 0 Å². The first-order valence-corrected chi connectivity index (χ1v) is 8.95. The Balaban J connectivity index is 2.02. The number of benzene rings is 2. The topological polar surface area (TPSA) is 60.0 Å². The van der Waals surface area contributed by atoms with E-state index in [1.807, 2.05) is 30.3 Å². The lowest BCUT2D eigenvalue weighted by molar-refractivity contribution is -0.894. The quantitative estimate of drug-likeness (QED) is 0.573. The van der Waals surface area contributed by atoms with Crippen molar-refractivity contribution in [2.24, 2.45) is 0 Å². The van der Waals surface area contributed by atoms with Crippen LogP contribution in [-0.2, 0) is 12.8 Å². The van der Waals surface area contributed by atoms with Gasteiger partial charge in [0.2, 0.25) is 0 Å². The van der Waals surface area contributed by atoms with Crippen molar-refractivity contribution in [3.63, 3.8) is 0 Å². The molecule has 0 radical (unpaired) electrons. The summed E-state index contributed by atoms with van der Waals surface area (Å²) in [5.74, 6) is 2.69. The number of nitrogens with zero attached hydrogens (tertiary/aromatic N) is 1. The standard InChI is InChI=1S/C21H27NO5/c1-22(23)9-8-15-12-20(26-4)21(27-5)13-16(15)17(22)10-14-6-7-18(24-2)19(11-14)25-3/h6-7,11-13,17H,8-10H2,1-5H3. The molecule has 0 N–H and O–H groups in total. The lowest BCUT2D eigenvalue weighted by Crippen LogP contribution is -2.47. The molecule has 1 aliphatic rings. The van der Waals surface area contributed by atoms with Crippen LogP contribution in [-0.4, -0.2) is 46.7 Å². The number of rotatable bonds is 6. The van der Waals surface area contributed by atoms with Gasteiger partial charge in [0, 0.05) is 18.4 Å². The summed E-state index contributed by atoms with van der Waals surface area (Å²) >= 11 is 0. The maximum Gasteiger partial charge on any atom is 0.161 e. The number of hydroxylamine groups is 3. The minimum absolute atomic E-state index is 0.230. The zero-order chi connectivity index (χ0) is 19.6. The molecule has 0 spiro atoms.